The smallest absolute Gasteiger partial charge is 0.241 e. The van der Waals surface area contributed by atoms with E-state index in [1.165, 1.54) is 0 Å². The number of rotatable bonds is 3. The Morgan fingerprint density at radius 1 is 1.79 bits per heavy atom. The first-order chi connectivity index (χ1) is 6.58. The van der Waals surface area contributed by atoms with Crippen LogP contribution in [0.4, 0.5) is 0 Å². The van der Waals surface area contributed by atoms with Gasteiger partial charge in [-0.3, -0.25) is 9.79 Å². The van der Waals surface area contributed by atoms with Gasteiger partial charge in [0, 0.05) is 17.8 Å². The van der Waals surface area contributed by atoms with Crippen molar-refractivity contribution in [3.05, 3.63) is 0 Å². The van der Waals surface area contributed by atoms with Gasteiger partial charge >= 0.3 is 0 Å². The number of carbonyl (C=O) groups is 1. The van der Waals surface area contributed by atoms with Crippen LogP contribution >= 0.6 is 11.8 Å². The molecule has 1 atom stereocenters. The molecule has 1 fully saturated rings. The van der Waals surface area contributed by atoms with Gasteiger partial charge in [0.15, 0.2) is 5.17 Å². The molecule has 1 aliphatic heterocycles. The minimum absolute atomic E-state index is 0.0190. The molecule has 4 nitrogen and oxygen atoms in total. The number of hydrogen-bond acceptors (Lipinski definition) is 3. The van der Waals surface area contributed by atoms with Crippen molar-refractivity contribution in [2.75, 3.05) is 12.3 Å². The van der Waals surface area contributed by atoms with Crippen LogP contribution in [0, 0.1) is 0 Å². The molecule has 1 amide bonds. The van der Waals surface area contributed by atoms with Crippen molar-refractivity contribution in [3.8, 4) is 0 Å². The van der Waals surface area contributed by atoms with Gasteiger partial charge in [-0.1, -0.05) is 11.8 Å². The molecule has 0 bridgehead atoms. The maximum atomic E-state index is 11.2. The summed E-state index contributed by atoms with van der Waals surface area (Å²) in [5.74, 6) is 1.01. The normalized spacial score (nSPS) is 24.0. The van der Waals surface area contributed by atoms with E-state index < -0.39 is 0 Å². The van der Waals surface area contributed by atoms with Gasteiger partial charge in [0.1, 0.15) is 6.54 Å². The molecule has 2 N–H and O–H groups in total. The SMILES string of the molecule is CC(C)NC(=O)CN=C1NC(C)CS1. The van der Waals surface area contributed by atoms with Crippen LogP contribution in [-0.4, -0.2) is 35.5 Å². The average Bonchev–Trinajstić information content (AvgIpc) is 2.47. The molecule has 1 unspecified atom stereocenters. The molecule has 0 radical (unpaired) electrons. The highest BCUT2D eigenvalue weighted by atomic mass is 32.2. The van der Waals surface area contributed by atoms with Crippen LogP contribution in [0.3, 0.4) is 0 Å². The summed E-state index contributed by atoms with van der Waals surface area (Å²) in [6.07, 6.45) is 0. The van der Waals surface area contributed by atoms with E-state index in [-0.39, 0.29) is 18.5 Å². The molecular formula is C9H17N3OS. The Morgan fingerprint density at radius 2 is 2.50 bits per heavy atom. The standard InChI is InChI=1S/C9H17N3OS/c1-6(2)11-8(13)4-10-9-12-7(3)5-14-9/h6-7H,4-5H2,1-3H3,(H,10,12)(H,11,13). The molecule has 0 aromatic carbocycles. The Labute approximate surface area is 88.9 Å². The molecule has 0 saturated carbocycles. The monoisotopic (exact) mass is 215 g/mol. The highest BCUT2D eigenvalue weighted by molar-refractivity contribution is 8.14. The largest absolute Gasteiger partial charge is 0.362 e. The van der Waals surface area contributed by atoms with Gasteiger partial charge in [-0.15, -0.1) is 0 Å². The predicted octanol–water partition coefficient (Wildman–Crippen LogP) is 0.592. The van der Waals surface area contributed by atoms with Crippen molar-refractivity contribution in [2.24, 2.45) is 4.99 Å². The number of amidine groups is 1. The quantitative estimate of drug-likeness (QED) is 0.724. The summed E-state index contributed by atoms with van der Waals surface area (Å²) in [7, 11) is 0. The fraction of sp³-hybridized carbons (Fsp3) is 0.778. The fourth-order valence-corrected chi connectivity index (χ4v) is 2.03. The first kappa shape index (κ1) is 11.4. The minimum Gasteiger partial charge on any atom is -0.362 e. The topological polar surface area (TPSA) is 53.5 Å². The van der Waals surface area contributed by atoms with Crippen LogP contribution in [0.1, 0.15) is 20.8 Å². The third-order valence-electron chi connectivity index (χ3n) is 1.66. The summed E-state index contributed by atoms with van der Waals surface area (Å²) in [5, 5.41) is 6.88. The lowest BCUT2D eigenvalue weighted by atomic mass is 10.4. The van der Waals surface area contributed by atoms with Crippen LogP contribution < -0.4 is 10.6 Å². The van der Waals surface area contributed by atoms with Crippen molar-refractivity contribution in [1.29, 1.82) is 0 Å². The average molecular weight is 215 g/mol. The van der Waals surface area contributed by atoms with Gasteiger partial charge in [-0.2, -0.15) is 0 Å². The van der Waals surface area contributed by atoms with E-state index in [0.717, 1.165) is 10.9 Å². The molecule has 14 heavy (non-hydrogen) atoms. The van der Waals surface area contributed by atoms with Gasteiger partial charge in [-0.25, -0.2) is 0 Å². The van der Waals surface area contributed by atoms with Crippen molar-refractivity contribution in [2.45, 2.75) is 32.9 Å². The van der Waals surface area contributed by atoms with Gasteiger partial charge in [0.05, 0.1) is 0 Å². The number of hydrogen-bond donors (Lipinski definition) is 2. The van der Waals surface area contributed by atoms with E-state index in [4.69, 9.17) is 0 Å². The molecule has 5 heteroatoms. The van der Waals surface area contributed by atoms with Crippen molar-refractivity contribution >= 4 is 22.8 Å². The zero-order valence-corrected chi connectivity index (χ0v) is 9.65. The second-order valence-corrected chi connectivity index (χ2v) is 4.71. The first-order valence-corrected chi connectivity index (χ1v) is 5.79. The fourth-order valence-electron chi connectivity index (χ4n) is 1.10. The summed E-state index contributed by atoms with van der Waals surface area (Å²) in [6, 6.07) is 0.651. The molecule has 0 aromatic rings. The Morgan fingerprint density at radius 3 is 3.00 bits per heavy atom. The van der Waals surface area contributed by atoms with Crippen LogP contribution in [0.5, 0.6) is 0 Å². The lowest BCUT2D eigenvalue weighted by molar-refractivity contribution is -0.120. The molecule has 0 aliphatic carbocycles. The number of aliphatic imine (C=N–C) groups is 1. The molecule has 0 aromatic heterocycles. The summed E-state index contributed by atoms with van der Waals surface area (Å²) in [4.78, 5) is 15.4. The summed E-state index contributed by atoms with van der Waals surface area (Å²) in [6.45, 7) is 6.20. The number of amides is 1. The van der Waals surface area contributed by atoms with E-state index in [0.29, 0.717) is 6.04 Å². The predicted molar refractivity (Wildman–Crippen MR) is 60.6 cm³/mol. The Bertz CT molecular complexity index is 240. The number of carbonyl (C=O) groups excluding carboxylic acids is 1. The second kappa shape index (κ2) is 5.24. The lowest BCUT2D eigenvalue weighted by Crippen LogP contribution is -2.32. The first-order valence-electron chi connectivity index (χ1n) is 4.81. The third kappa shape index (κ3) is 4.00. The van der Waals surface area contributed by atoms with Crippen LogP contribution in [0.2, 0.25) is 0 Å². The van der Waals surface area contributed by atoms with E-state index >= 15 is 0 Å². The Hall–Kier alpha value is -0.710. The maximum absolute atomic E-state index is 11.2. The summed E-state index contributed by atoms with van der Waals surface area (Å²) in [5.41, 5.74) is 0. The summed E-state index contributed by atoms with van der Waals surface area (Å²) < 4.78 is 0. The van der Waals surface area contributed by atoms with E-state index in [1.54, 1.807) is 11.8 Å². The molecule has 1 saturated heterocycles. The van der Waals surface area contributed by atoms with Crippen LogP contribution in [-0.2, 0) is 4.79 Å². The van der Waals surface area contributed by atoms with Crippen LogP contribution in [0.15, 0.2) is 4.99 Å². The number of nitrogens with one attached hydrogen (secondary N) is 2. The highest BCUT2D eigenvalue weighted by Gasteiger charge is 2.15. The number of thioether (sulfide) groups is 1. The molecule has 0 spiro atoms. The van der Waals surface area contributed by atoms with Gasteiger partial charge < -0.3 is 10.6 Å². The van der Waals surface area contributed by atoms with Gasteiger partial charge in [0.25, 0.3) is 0 Å². The Kier molecular flexibility index (Phi) is 4.25. The highest BCUT2D eigenvalue weighted by Crippen LogP contribution is 2.12. The number of nitrogens with zero attached hydrogens (tertiary/aromatic N) is 1. The summed E-state index contributed by atoms with van der Waals surface area (Å²) >= 11 is 1.67. The van der Waals surface area contributed by atoms with Crippen molar-refractivity contribution < 1.29 is 4.79 Å². The molecule has 80 valence electrons. The van der Waals surface area contributed by atoms with E-state index in [1.807, 2.05) is 13.8 Å². The Balaban J connectivity index is 2.28. The van der Waals surface area contributed by atoms with E-state index in [9.17, 15) is 4.79 Å². The van der Waals surface area contributed by atoms with Gasteiger partial charge in [0.2, 0.25) is 5.91 Å². The molecule has 1 aliphatic rings. The lowest BCUT2D eigenvalue weighted by Gasteiger charge is -2.06. The van der Waals surface area contributed by atoms with Gasteiger partial charge in [-0.05, 0) is 20.8 Å². The van der Waals surface area contributed by atoms with Crippen molar-refractivity contribution in [3.63, 3.8) is 0 Å². The van der Waals surface area contributed by atoms with E-state index in [2.05, 4.69) is 22.5 Å². The van der Waals surface area contributed by atoms with Crippen molar-refractivity contribution in [1.82, 2.24) is 10.6 Å². The molecule has 1 rings (SSSR count). The zero-order chi connectivity index (χ0) is 10.6. The van der Waals surface area contributed by atoms with Crippen LogP contribution in [0.25, 0.3) is 0 Å². The molecular weight excluding hydrogens is 198 g/mol. The minimum atomic E-state index is -0.0190. The third-order valence-corrected chi connectivity index (χ3v) is 2.84. The maximum Gasteiger partial charge on any atom is 0.241 e. The molecule has 1 heterocycles. The zero-order valence-electron chi connectivity index (χ0n) is 8.83. The second-order valence-electron chi connectivity index (χ2n) is 3.70.